The average Bonchev–Trinajstić information content (AvgIpc) is 2.83. The minimum Gasteiger partial charge on any atom is -0.462 e. The highest BCUT2D eigenvalue weighted by Gasteiger charge is 2.18. The summed E-state index contributed by atoms with van der Waals surface area (Å²) in [6.07, 6.45) is 0. The van der Waals surface area contributed by atoms with E-state index < -0.39 is 0 Å². The summed E-state index contributed by atoms with van der Waals surface area (Å²) < 4.78 is 5.83. The van der Waals surface area contributed by atoms with Crippen molar-refractivity contribution in [1.29, 1.82) is 0 Å². The molecule has 1 heterocycles. The predicted octanol–water partition coefficient (Wildman–Crippen LogP) is 3.80. The lowest BCUT2D eigenvalue weighted by Gasteiger charge is -2.23. The molecule has 0 spiro atoms. The number of carbonyl (C=O) groups is 1. The number of benzene rings is 1. The molecule has 0 fully saturated rings. The molecule has 2 aromatic rings. The third kappa shape index (κ3) is 3.68. The third-order valence-electron chi connectivity index (χ3n) is 2.97. The van der Waals surface area contributed by atoms with Crippen LogP contribution in [0.2, 0.25) is 4.34 Å². The molecule has 1 aromatic carbocycles. The Hall–Kier alpha value is -1.72. The van der Waals surface area contributed by atoms with Crippen LogP contribution in [0.5, 0.6) is 0 Å². The smallest absolute Gasteiger partial charge is 0.340 e. The molecule has 0 aliphatic rings. The number of halogens is 1. The van der Waals surface area contributed by atoms with E-state index >= 15 is 0 Å². The van der Waals surface area contributed by atoms with Gasteiger partial charge in [0.25, 0.3) is 0 Å². The fourth-order valence-corrected chi connectivity index (χ4v) is 3.25. The fraction of sp³-hybridized carbons (Fsp3) is 0.267. The molecule has 2 rings (SSSR count). The Kier molecular flexibility index (Phi) is 5.09. The van der Waals surface area contributed by atoms with Crippen LogP contribution in [0.3, 0.4) is 0 Å². The second kappa shape index (κ2) is 6.83. The zero-order valence-electron chi connectivity index (χ0n) is 11.9. The maximum absolute atomic E-state index is 12.1. The summed E-state index contributed by atoms with van der Waals surface area (Å²) in [5.41, 5.74) is 7.75. The molecule has 0 saturated carbocycles. The monoisotopic (exact) mass is 324 g/mol. The van der Waals surface area contributed by atoms with Crippen molar-refractivity contribution in [2.45, 2.75) is 13.5 Å². The molecular formula is C15H17ClN2O2S. The molecule has 0 aliphatic heterocycles. The van der Waals surface area contributed by atoms with E-state index in [0.29, 0.717) is 30.1 Å². The van der Waals surface area contributed by atoms with Crippen molar-refractivity contribution in [2.75, 3.05) is 24.3 Å². The van der Waals surface area contributed by atoms with Crippen LogP contribution in [0.25, 0.3) is 0 Å². The van der Waals surface area contributed by atoms with Gasteiger partial charge in [0.05, 0.1) is 34.4 Å². The number of ether oxygens (including phenoxy) is 1. The number of anilines is 2. The highest BCUT2D eigenvalue weighted by molar-refractivity contribution is 7.16. The van der Waals surface area contributed by atoms with Crippen LogP contribution in [-0.2, 0) is 11.3 Å². The Labute approximate surface area is 133 Å². The van der Waals surface area contributed by atoms with Crippen molar-refractivity contribution in [3.63, 3.8) is 0 Å². The van der Waals surface area contributed by atoms with Crippen molar-refractivity contribution in [3.05, 3.63) is 45.1 Å². The van der Waals surface area contributed by atoms with Crippen LogP contribution in [0.15, 0.2) is 30.3 Å². The molecule has 0 amide bonds. The van der Waals surface area contributed by atoms with Crippen molar-refractivity contribution >= 4 is 40.3 Å². The zero-order chi connectivity index (χ0) is 15.4. The Morgan fingerprint density at radius 3 is 2.76 bits per heavy atom. The van der Waals surface area contributed by atoms with Crippen LogP contribution < -0.4 is 10.6 Å². The first-order valence-electron chi connectivity index (χ1n) is 6.54. The lowest BCUT2D eigenvalue weighted by atomic mass is 10.1. The number of thiophene rings is 1. The number of nitrogens with two attached hydrogens (primary N) is 1. The first-order chi connectivity index (χ1) is 10.0. The summed E-state index contributed by atoms with van der Waals surface area (Å²) in [5.74, 6) is -0.365. The van der Waals surface area contributed by atoms with Gasteiger partial charge in [0.2, 0.25) is 0 Å². The van der Waals surface area contributed by atoms with E-state index in [1.807, 2.05) is 24.1 Å². The van der Waals surface area contributed by atoms with Crippen molar-refractivity contribution in [1.82, 2.24) is 0 Å². The summed E-state index contributed by atoms with van der Waals surface area (Å²) in [7, 11) is 1.89. The van der Waals surface area contributed by atoms with Gasteiger partial charge in [0, 0.05) is 11.9 Å². The van der Waals surface area contributed by atoms with E-state index in [0.717, 1.165) is 9.21 Å². The van der Waals surface area contributed by atoms with Gasteiger partial charge in [-0.3, -0.25) is 0 Å². The van der Waals surface area contributed by atoms with E-state index in [1.165, 1.54) is 11.3 Å². The zero-order valence-corrected chi connectivity index (χ0v) is 13.5. The maximum Gasteiger partial charge on any atom is 0.340 e. The van der Waals surface area contributed by atoms with Gasteiger partial charge in [-0.15, -0.1) is 11.3 Å². The number of rotatable bonds is 5. The Balaban J connectivity index is 2.30. The minimum atomic E-state index is -0.365. The lowest BCUT2D eigenvalue weighted by molar-refractivity contribution is 0.0527. The normalized spacial score (nSPS) is 10.4. The molecule has 4 nitrogen and oxygen atoms in total. The summed E-state index contributed by atoms with van der Waals surface area (Å²) >= 11 is 7.45. The molecule has 112 valence electrons. The second-order valence-electron chi connectivity index (χ2n) is 4.53. The topological polar surface area (TPSA) is 55.6 Å². The molecule has 0 radical (unpaired) electrons. The minimum absolute atomic E-state index is 0.331. The molecule has 1 aromatic heterocycles. The third-order valence-corrected chi connectivity index (χ3v) is 4.18. The van der Waals surface area contributed by atoms with Crippen LogP contribution in [0.4, 0.5) is 11.4 Å². The number of esters is 1. The first-order valence-corrected chi connectivity index (χ1v) is 7.73. The summed E-state index contributed by atoms with van der Waals surface area (Å²) in [6, 6.07) is 9.07. The van der Waals surface area contributed by atoms with Gasteiger partial charge in [-0.25, -0.2) is 4.79 Å². The van der Waals surface area contributed by atoms with Crippen LogP contribution in [0, 0.1) is 0 Å². The van der Waals surface area contributed by atoms with E-state index in [4.69, 9.17) is 22.1 Å². The molecule has 2 N–H and O–H groups in total. The van der Waals surface area contributed by atoms with Gasteiger partial charge in [0.1, 0.15) is 0 Å². The molecule has 0 bridgehead atoms. The largest absolute Gasteiger partial charge is 0.462 e. The van der Waals surface area contributed by atoms with Crippen LogP contribution >= 0.6 is 22.9 Å². The average molecular weight is 325 g/mol. The van der Waals surface area contributed by atoms with Gasteiger partial charge < -0.3 is 15.4 Å². The summed E-state index contributed by atoms with van der Waals surface area (Å²) in [6.45, 7) is 2.73. The Morgan fingerprint density at radius 2 is 2.14 bits per heavy atom. The Bertz CT molecular complexity index is 642. The number of nitrogens with zero attached hydrogens (tertiary/aromatic N) is 1. The van der Waals surface area contributed by atoms with E-state index in [1.54, 1.807) is 25.1 Å². The number of carbonyl (C=O) groups excluding carboxylic acids is 1. The molecule has 0 atom stereocenters. The summed E-state index contributed by atoms with van der Waals surface area (Å²) in [4.78, 5) is 15.1. The van der Waals surface area contributed by atoms with Crippen molar-refractivity contribution < 1.29 is 9.53 Å². The fourth-order valence-electron chi connectivity index (χ4n) is 2.11. The lowest BCUT2D eigenvalue weighted by Crippen LogP contribution is -2.21. The van der Waals surface area contributed by atoms with E-state index in [2.05, 4.69) is 0 Å². The highest BCUT2D eigenvalue weighted by atomic mass is 35.5. The molecule has 0 saturated heterocycles. The van der Waals surface area contributed by atoms with Gasteiger partial charge in [-0.1, -0.05) is 17.7 Å². The number of para-hydroxylation sites is 1. The predicted molar refractivity (Wildman–Crippen MR) is 88.2 cm³/mol. The Morgan fingerprint density at radius 1 is 1.38 bits per heavy atom. The molecule has 21 heavy (non-hydrogen) atoms. The number of hydrogen-bond donors (Lipinski definition) is 1. The SMILES string of the molecule is CCOC(=O)c1cccc(N)c1N(C)Cc1ccc(Cl)s1. The van der Waals surface area contributed by atoms with Gasteiger partial charge in [0.15, 0.2) is 0 Å². The highest BCUT2D eigenvalue weighted by Crippen LogP contribution is 2.30. The second-order valence-corrected chi connectivity index (χ2v) is 6.33. The van der Waals surface area contributed by atoms with Gasteiger partial charge in [-0.05, 0) is 31.2 Å². The molecule has 0 unspecified atom stereocenters. The van der Waals surface area contributed by atoms with Gasteiger partial charge >= 0.3 is 5.97 Å². The standard InChI is InChI=1S/C15H17ClN2O2S/c1-3-20-15(19)11-5-4-6-12(17)14(11)18(2)9-10-7-8-13(16)21-10/h4-8H,3,9,17H2,1-2H3. The molecule has 0 aliphatic carbocycles. The van der Waals surface area contributed by atoms with Crippen LogP contribution in [-0.4, -0.2) is 19.6 Å². The maximum atomic E-state index is 12.1. The molecule has 6 heteroatoms. The van der Waals surface area contributed by atoms with Crippen molar-refractivity contribution in [3.8, 4) is 0 Å². The van der Waals surface area contributed by atoms with E-state index in [9.17, 15) is 4.79 Å². The molecular weight excluding hydrogens is 308 g/mol. The number of hydrogen-bond acceptors (Lipinski definition) is 5. The first kappa shape index (κ1) is 15.7. The van der Waals surface area contributed by atoms with E-state index in [-0.39, 0.29) is 5.97 Å². The van der Waals surface area contributed by atoms with Crippen molar-refractivity contribution in [2.24, 2.45) is 0 Å². The number of nitrogen functional groups attached to an aromatic ring is 1. The van der Waals surface area contributed by atoms with Crippen LogP contribution in [0.1, 0.15) is 22.2 Å². The summed E-state index contributed by atoms with van der Waals surface area (Å²) in [5, 5.41) is 0. The quantitative estimate of drug-likeness (QED) is 0.671. The van der Waals surface area contributed by atoms with Gasteiger partial charge in [-0.2, -0.15) is 0 Å².